The van der Waals surface area contributed by atoms with E-state index in [-0.39, 0.29) is 0 Å². The third-order valence-corrected chi connectivity index (χ3v) is 2.79. The predicted octanol–water partition coefficient (Wildman–Crippen LogP) is 3.26. The third kappa shape index (κ3) is 2.14. The molecule has 0 fully saturated rings. The van der Waals surface area contributed by atoms with Crippen molar-refractivity contribution < 1.29 is 9.15 Å². The van der Waals surface area contributed by atoms with Gasteiger partial charge in [-0.05, 0) is 24.3 Å². The number of hydrogen-bond donors (Lipinski definition) is 0. The van der Waals surface area contributed by atoms with E-state index in [1.54, 1.807) is 7.11 Å². The summed E-state index contributed by atoms with van der Waals surface area (Å²) in [6.07, 6.45) is 0. The number of benzene rings is 1. The van der Waals surface area contributed by atoms with E-state index in [2.05, 4.69) is 27.6 Å². The fourth-order valence-electron chi connectivity index (χ4n) is 1.33. The molecule has 4 heteroatoms. The van der Waals surface area contributed by atoms with Crippen molar-refractivity contribution in [2.45, 2.75) is 6.92 Å². The summed E-state index contributed by atoms with van der Waals surface area (Å²) in [6, 6.07) is 7.77. The summed E-state index contributed by atoms with van der Waals surface area (Å²) in [6.45, 7) is 1.84. The molecule has 0 saturated carbocycles. The number of methoxy groups -OCH3 is 1. The Morgan fingerprint density at radius 3 is 2.40 bits per heavy atom. The Bertz CT molecular complexity index is 462. The molecule has 2 aromatic rings. The van der Waals surface area contributed by atoms with E-state index in [9.17, 15) is 0 Å². The normalized spacial score (nSPS) is 10.3. The Kier molecular flexibility index (Phi) is 2.95. The van der Waals surface area contributed by atoms with Gasteiger partial charge in [0.1, 0.15) is 11.4 Å². The van der Waals surface area contributed by atoms with Crippen LogP contribution in [0.4, 0.5) is 0 Å². The molecule has 15 heavy (non-hydrogen) atoms. The van der Waals surface area contributed by atoms with Crippen LogP contribution < -0.4 is 4.74 Å². The van der Waals surface area contributed by atoms with Gasteiger partial charge < -0.3 is 9.15 Å². The largest absolute Gasteiger partial charge is 0.497 e. The molecule has 0 aliphatic heterocycles. The summed E-state index contributed by atoms with van der Waals surface area (Å²) >= 11 is 2.14. The van der Waals surface area contributed by atoms with Crippen LogP contribution in [0.2, 0.25) is 0 Å². The number of nitrogens with zero attached hydrogens (tertiary/aromatic N) is 1. The number of aromatic nitrogens is 1. The van der Waals surface area contributed by atoms with Gasteiger partial charge in [0.2, 0.25) is 0 Å². The van der Waals surface area contributed by atoms with Crippen LogP contribution in [0, 0.1) is 10.7 Å². The highest BCUT2D eigenvalue weighted by Crippen LogP contribution is 2.26. The lowest BCUT2D eigenvalue weighted by Crippen LogP contribution is -1.84. The van der Waals surface area contributed by atoms with Crippen molar-refractivity contribution in [3.8, 4) is 17.0 Å². The van der Waals surface area contributed by atoms with Gasteiger partial charge in [-0.15, -0.1) is 0 Å². The van der Waals surface area contributed by atoms with E-state index in [0.29, 0.717) is 5.89 Å². The molecule has 3 nitrogen and oxygen atoms in total. The minimum atomic E-state index is 0.685. The van der Waals surface area contributed by atoms with Crippen LogP contribution in [0.3, 0.4) is 0 Å². The van der Waals surface area contributed by atoms with Crippen LogP contribution in [0.5, 0.6) is 5.75 Å². The molecule has 1 heterocycles. The first-order chi connectivity index (χ1) is 7.20. The molecule has 2 rings (SSSR count). The van der Waals surface area contributed by atoms with Crippen LogP contribution >= 0.6 is 22.6 Å². The van der Waals surface area contributed by atoms with Gasteiger partial charge >= 0.3 is 0 Å². The van der Waals surface area contributed by atoms with Crippen LogP contribution in [0.25, 0.3) is 11.3 Å². The number of hydrogen-bond acceptors (Lipinski definition) is 3. The second-order valence-corrected chi connectivity index (χ2v) is 4.06. The Balaban J connectivity index is 2.41. The molecule has 0 N–H and O–H groups in total. The van der Waals surface area contributed by atoms with Crippen LogP contribution in [-0.4, -0.2) is 12.1 Å². The number of halogens is 1. The summed E-state index contributed by atoms with van der Waals surface area (Å²) in [5.41, 5.74) is 1.92. The zero-order chi connectivity index (χ0) is 10.8. The molecule has 1 aromatic carbocycles. The molecular formula is C11H10INO2. The van der Waals surface area contributed by atoms with Crippen LogP contribution in [0.1, 0.15) is 5.89 Å². The van der Waals surface area contributed by atoms with Crippen molar-refractivity contribution in [3.05, 3.63) is 33.9 Å². The Hall–Kier alpha value is -1.04. The SMILES string of the molecule is COc1ccc(-c2nc(C)oc2I)cc1. The van der Waals surface area contributed by atoms with Gasteiger partial charge in [0, 0.05) is 35.1 Å². The highest BCUT2D eigenvalue weighted by Gasteiger charge is 2.09. The number of ether oxygens (including phenoxy) is 1. The van der Waals surface area contributed by atoms with E-state index < -0.39 is 0 Å². The van der Waals surface area contributed by atoms with Gasteiger partial charge in [-0.3, -0.25) is 0 Å². The van der Waals surface area contributed by atoms with E-state index in [1.165, 1.54) is 0 Å². The first kappa shape index (κ1) is 10.5. The van der Waals surface area contributed by atoms with E-state index in [1.807, 2.05) is 31.2 Å². The van der Waals surface area contributed by atoms with Gasteiger partial charge in [-0.2, -0.15) is 0 Å². The van der Waals surface area contributed by atoms with Crippen molar-refractivity contribution in [1.82, 2.24) is 4.98 Å². The zero-order valence-electron chi connectivity index (χ0n) is 8.45. The molecule has 78 valence electrons. The molecule has 0 amide bonds. The van der Waals surface area contributed by atoms with Crippen molar-refractivity contribution in [3.63, 3.8) is 0 Å². The van der Waals surface area contributed by atoms with Crippen molar-refractivity contribution >= 4 is 22.6 Å². The van der Waals surface area contributed by atoms with Crippen LogP contribution in [-0.2, 0) is 0 Å². The summed E-state index contributed by atoms with van der Waals surface area (Å²) in [5, 5.41) is 0. The Labute approximate surface area is 102 Å². The lowest BCUT2D eigenvalue weighted by atomic mass is 10.2. The van der Waals surface area contributed by atoms with Gasteiger partial charge in [-0.25, -0.2) is 4.98 Å². The number of oxazole rings is 1. The number of rotatable bonds is 2. The van der Waals surface area contributed by atoms with Gasteiger partial charge in [-0.1, -0.05) is 0 Å². The topological polar surface area (TPSA) is 35.3 Å². The molecule has 0 aliphatic carbocycles. The van der Waals surface area contributed by atoms with Crippen molar-refractivity contribution in [2.24, 2.45) is 0 Å². The number of aryl methyl sites for hydroxylation is 1. The molecule has 0 bridgehead atoms. The fraction of sp³-hybridized carbons (Fsp3) is 0.182. The van der Waals surface area contributed by atoms with Gasteiger partial charge in [0.05, 0.1) is 7.11 Å². The maximum atomic E-state index is 5.37. The molecule has 0 unspecified atom stereocenters. The van der Waals surface area contributed by atoms with Gasteiger partial charge in [0.25, 0.3) is 0 Å². The van der Waals surface area contributed by atoms with Gasteiger partial charge in [0.15, 0.2) is 9.66 Å². The molecule has 0 radical (unpaired) electrons. The minimum Gasteiger partial charge on any atom is -0.497 e. The molecule has 0 spiro atoms. The third-order valence-electron chi connectivity index (χ3n) is 2.06. The van der Waals surface area contributed by atoms with E-state index in [0.717, 1.165) is 20.8 Å². The van der Waals surface area contributed by atoms with E-state index >= 15 is 0 Å². The zero-order valence-corrected chi connectivity index (χ0v) is 10.6. The highest BCUT2D eigenvalue weighted by molar-refractivity contribution is 14.1. The maximum absolute atomic E-state index is 5.37. The quantitative estimate of drug-likeness (QED) is 0.798. The smallest absolute Gasteiger partial charge is 0.193 e. The predicted molar refractivity (Wildman–Crippen MR) is 65.9 cm³/mol. The minimum absolute atomic E-state index is 0.685. The first-order valence-electron chi connectivity index (χ1n) is 4.48. The molecular weight excluding hydrogens is 305 g/mol. The lowest BCUT2D eigenvalue weighted by molar-refractivity contribution is 0.415. The summed E-state index contributed by atoms with van der Waals surface area (Å²) in [4.78, 5) is 4.32. The molecule has 0 saturated heterocycles. The Morgan fingerprint density at radius 1 is 1.27 bits per heavy atom. The summed E-state index contributed by atoms with van der Waals surface area (Å²) in [5.74, 6) is 1.53. The average Bonchev–Trinajstić information content (AvgIpc) is 2.58. The van der Waals surface area contributed by atoms with Crippen molar-refractivity contribution in [2.75, 3.05) is 7.11 Å². The summed E-state index contributed by atoms with van der Waals surface area (Å²) < 4.78 is 11.3. The monoisotopic (exact) mass is 315 g/mol. The summed E-state index contributed by atoms with van der Waals surface area (Å²) in [7, 11) is 1.65. The van der Waals surface area contributed by atoms with Crippen molar-refractivity contribution in [1.29, 1.82) is 0 Å². The fourth-order valence-corrected chi connectivity index (χ4v) is 2.08. The standard InChI is InChI=1S/C11H10INO2/c1-7-13-10(11(12)15-7)8-3-5-9(14-2)6-4-8/h3-6H,1-2H3. The molecule has 1 aromatic heterocycles. The van der Waals surface area contributed by atoms with E-state index in [4.69, 9.17) is 9.15 Å². The first-order valence-corrected chi connectivity index (χ1v) is 5.56. The second-order valence-electron chi connectivity index (χ2n) is 3.08. The Morgan fingerprint density at radius 2 is 1.93 bits per heavy atom. The molecule has 0 atom stereocenters. The van der Waals surface area contributed by atoms with Crippen LogP contribution in [0.15, 0.2) is 28.7 Å². The average molecular weight is 315 g/mol. The lowest BCUT2D eigenvalue weighted by Gasteiger charge is -2.00. The molecule has 0 aliphatic rings. The highest BCUT2D eigenvalue weighted by atomic mass is 127. The maximum Gasteiger partial charge on any atom is 0.193 e. The second kappa shape index (κ2) is 4.22.